The summed E-state index contributed by atoms with van der Waals surface area (Å²) in [5, 5.41) is 2.81. The zero-order chi connectivity index (χ0) is 14.6. The van der Waals surface area contributed by atoms with Gasteiger partial charge in [-0.05, 0) is 35.6 Å². The van der Waals surface area contributed by atoms with Crippen LogP contribution in [0.25, 0.3) is 0 Å². The van der Waals surface area contributed by atoms with Crippen LogP contribution in [-0.4, -0.2) is 19.1 Å². The number of carbonyl (C=O) groups is 1. The van der Waals surface area contributed by atoms with Gasteiger partial charge in [-0.3, -0.25) is 4.79 Å². The van der Waals surface area contributed by atoms with Crippen LogP contribution in [0.5, 0.6) is 5.75 Å². The Balaban J connectivity index is 2.90. The van der Waals surface area contributed by atoms with Crippen molar-refractivity contribution in [3.05, 3.63) is 29.3 Å². The molecule has 1 rings (SSSR count). The molecule has 3 N–H and O–H groups in total. The van der Waals surface area contributed by atoms with E-state index >= 15 is 0 Å². The number of methoxy groups -OCH3 is 1. The van der Waals surface area contributed by atoms with Gasteiger partial charge in [0, 0.05) is 6.54 Å². The van der Waals surface area contributed by atoms with Crippen molar-refractivity contribution in [2.45, 2.75) is 45.7 Å². The van der Waals surface area contributed by atoms with Gasteiger partial charge in [0.05, 0.1) is 13.2 Å². The molecule has 4 nitrogen and oxygen atoms in total. The highest BCUT2D eigenvalue weighted by molar-refractivity contribution is 5.80. The summed E-state index contributed by atoms with van der Waals surface area (Å²) in [7, 11) is 1.67. The molecular formula is C15H24N2O2. The van der Waals surface area contributed by atoms with Crippen LogP contribution in [0, 0.1) is 0 Å². The molecule has 4 heteroatoms. The van der Waals surface area contributed by atoms with Gasteiger partial charge < -0.3 is 15.8 Å². The van der Waals surface area contributed by atoms with Crippen LogP contribution in [0.2, 0.25) is 0 Å². The number of hydrogen-bond acceptors (Lipinski definition) is 3. The van der Waals surface area contributed by atoms with E-state index in [1.54, 1.807) is 14.0 Å². The van der Waals surface area contributed by atoms with Crippen molar-refractivity contribution in [2.75, 3.05) is 7.11 Å². The zero-order valence-electron chi connectivity index (χ0n) is 12.4. The molecule has 1 amide bonds. The summed E-state index contributed by atoms with van der Waals surface area (Å²) in [6, 6.07) is 5.48. The third-order valence-electron chi connectivity index (χ3n) is 2.95. The van der Waals surface area contributed by atoms with Crippen molar-refractivity contribution < 1.29 is 9.53 Å². The molecule has 0 aromatic heterocycles. The summed E-state index contributed by atoms with van der Waals surface area (Å²) in [5.74, 6) is 0.725. The van der Waals surface area contributed by atoms with Gasteiger partial charge in [-0.15, -0.1) is 0 Å². The number of ether oxygens (including phenoxy) is 1. The fourth-order valence-corrected chi connectivity index (χ4v) is 1.80. The number of hydrogen-bond donors (Lipinski definition) is 2. The lowest BCUT2D eigenvalue weighted by Gasteiger charge is -2.23. The van der Waals surface area contributed by atoms with E-state index in [1.807, 2.05) is 12.1 Å². The minimum Gasteiger partial charge on any atom is -0.496 e. The summed E-state index contributed by atoms with van der Waals surface area (Å²) in [4.78, 5) is 11.5. The summed E-state index contributed by atoms with van der Waals surface area (Å²) < 4.78 is 5.38. The summed E-state index contributed by atoms with van der Waals surface area (Å²) in [5.41, 5.74) is 7.67. The Morgan fingerprint density at radius 1 is 1.42 bits per heavy atom. The van der Waals surface area contributed by atoms with Crippen LogP contribution in [-0.2, 0) is 16.8 Å². The van der Waals surface area contributed by atoms with Crippen molar-refractivity contribution in [1.29, 1.82) is 0 Å². The largest absolute Gasteiger partial charge is 0.496 e. The second kappa shape index (κ2) is 6.06. The Morgan fingerprint density at radius 2 is 2.05 bits per heavy atom. The molecule has 0 saturated heterocycles. The molecule has 19 heavy (non-hydrogen) atoms. The van der Waals surface area contributed by atoms with Gasteiger partial charge in [0.1, 0.15) is 5.75 Å². The zero-order valence-corrected chi connectivity index (χ0v) is 12.4. The normalized spacial score (nSPS) is 12.9. The second-order valence-electron chi connectivity index (χ2n) is 5.79. The third-order valence-corrected chi connectivity index (χ3v) is 2.95. The maximum atomic E-state index is 11.5. The average Bonchev–Trinajstić information content (AvgIpc) is 2.34. The average molecular weight is 264 g/mol. The van der Waals surface area contributed by atoms with Gasteiger partial charge in [0.15, 0.2) is 0 Å². The molecule has 1 aromatic rings. The van der Waals surface area contributed by atoms with E-state index in [9.17, 15) is 4.79 Å². The van der Waals surface area contributed by atoms with E-state index in [-0.39, 0.29) is 11.3 Å². The molecule has 0 saturated carbocycles. The quantitative estimate of drug-likeness (QED) is 0.873. The first-order valence-corrected chi connectivity index (χ1v) is 6.46. The molecule has 1 aromatic carbocycles. The molecule has 0 aliphatic carbocycles. The van der Waals surface area contributed by atoms with Crippen LogP contribution in [0.1, 0.15) is 38.8 Å². The van der Waals surface area contributed by atoms with Crippen LogP contribution >= 0.6 is 0 Å². The summed E-state index contributed by atoms with van der Waals surface area (Å²) in [6.07, 6.45) is 0. The Bertz CT molecular complexity index is 448. The number of carbonyl (C=O) groups excluding carboxylic acids is 1. The van der Waals surface area contributed by atoms with Crippen molar-refractivity contribution in [1.82, 2.24) is 5.32 Å². The molecule has 0 spiro atoms. The standard InChI is InChI=1S/C15H24N2O2/c1-10(16)14(18)17-9-11-6-7-13(19-5)12(8-11)15(2,3)4/h6-8,10H,9,16H2,1-5H3,(H,17,18). The Morgan fingerprint density at radius 3 is 2.53 bits per heavy atom. The van der Waals surface area contributed by atoms with E-state index in [0.29, 0.717) is 6.54 Å². The molecule has 1 unspecified atom stereocenters. The first-order valence-electron chi connectivity index (χ1n) is 6.46. The van der Waals surface area contributed by atoms with Crippen LogP contribution in [0.15, 0.2) is 18.2 Å². The fraction of sp³-hybridized carbons (Fsp3) is 0.533. The maximum absolute atomic E-state index is 11.5. The highest BCUT2D eigenvalue weighted by Gasteiger charge is 2.19. The van der Waals surface area contributed by atoms with Crippen molar-refractivity contribution in [3.8, 4) is 5.75 Å². The van der Waals surface area contributed by atoms with E-state index in [4.69, 9.17) is 10.5 Å². The molecule has 0 bridgehead atoms. The highest BCUT2D eigenvalue weighted by Crippen LogP contribution is 2.31. The van der Waals surface area contributed by atoms with Gasteiger partial charge in [-0.2, -0.15) is 0 Å². The molecule has 0 aliphatic heterocycles. The number of rotatable bonds is 4. The van der Waals surface area contributed by atoms with Gasteiger partial charge in [-0.1, -0.05) is 26.8 Å². The molecule has 0 fully saturated rings. The molecule has 0 radical (unpaired) electrons. The molecule has 106 valence electrons. The smallest absolute Gasteiger partial charge is 0.236 e. The van der Waals surface area contributed by atoms with Crippen molar-refractivity contribution >= 4 is 5.91 Å². The van der Waals surface area contributed by atoms with E-state index < -0.39 is 6.04 Å². The molecule has 0 heterocycles. The molecule has 1 atom stereocenters. The number of nitrogens with two attached hydrogens (primary N) is 1. The first kappa shape index (κ1) is 15.5. The monoisotopic (exact) mass is 264 g/mol. The Hall–Kier alpha value is -1.55. The van der Waals surface area contributed by atoms with Gasteiger partial charge in [0.2, 0.25) is 5.91 Å². The number of nitrogens with one attached hydrogen (secondary N) is 1. The molecule has 0 aliphatic rings. The SMILES string of the molecule is COc1ccc(CNC(=O)C(C)N)cc1C(C)(C)C. The lowest BCUT2D eigenvalue weighted by Crippen LogP contribution is -2.37. The third kappa shape index (κ3) is 4.24. The minimum atomic E-state index is -0.486. The highest BCUT2D eigenvalue weighted by atomic mass is 16.5. The van der Waals surface area contributed by atoms with E-state index in [1.165, 1.54) is 0 Å². The van der Waals surface area contributed by atoms with Gasteiger partial charge in [-0.25, -0.2) is 0 Å². The predicted molar refractivity (Wildman–Crippen MR) is 77.2 cm³/mol. The van der Waals surface area contributed by atoms with Crippen LogP contribution in [0.3, 0.4) is 0 Å². The number of amides is 1. The van der Waals surface area contributed by atoms with E-state index in [2.05, 4.69) is 32.2 Å². The minimum absolute atomic E-state index is 0.00742. The second-order valence-corrected chi connectivity index (χ2v) is 5.79. The van der Waals surface area contributed by atoms with Crippen molar-refractivity contribution in [2.24, 2.45) is 5.73 Å². The summed E-state index contributed by atoms with van der Waals surface area (Å²) in [6.45, 7) is 8.55. The fourth-order valence-electron chi connectivity index (χ4n) is 1.80. The molecular weight excluding hydrogens is 240 g/mol. The first-order chi connectivity index (χ1) is 8.75. The number of benzene rings is 1. The predicted octanol–water partition coefficient (Wildman–Crippen LogP) is 1.96. The summed E-state index contributed by atoms with van der Waals surface area (Å²) >= 11 is 0. The Labute approximate surface area is 115 Å². The lowest BCUT2D eigenvalue weighted by atomic mass is 9.85. The van der Waals surface area contributed by atoms with Crippen molar-refractivity contribution in [3.63, 3.8) is 0 Å². The van der Waals surface area contributed by atoms with Gasteiger partial charge >= 0.3 is 0 Å². The Kier molecular flexibility index (Phi) is 4.95. The van der Waals surface area contributed by atoms with E-state index in [0.717, 1.165) is 16.9 Å². The maximum Gasteiger partial charge on any atom is 0.236 e. The van der Waals surface area contributed by atoms with Gasteiger partial charge in [0.25, 0.3) is 0 Å². The topological polar surface area (TPSA) is 64.3 Å². The van der Waals surface area contributed by atoms with Crippen LogP contribution in [0.4, 0.5) is 0 Å². The lowest BCUT2D eigenvalue weighted by molar-refractivity contribution is -0.122. The van der Waals surface area contributed by atoms with Crippen LogP contribution < -0.4 is 15.8 Å².